The van der Waals surface area contributed by atoms with Crippen molar-refractivity contribution in [2.24, 2.45) is 0 Å². The van der Waals surface area contributed by atoms with Gasteiger partial charge in [0.2, 0.25) is 29.5 Å². The lowest BCUT2D eigenvalue weighted by atomic mass is 9.98. The Hall–Kier alpha value is -8.59. The van der Waals surface area contributed by atoms with Crippen molar-refractivity contribution in [2.75, 3.05) is 53.4 Å². The molecule has 5 atom stereocenters. The third kappa shape index (κ3) is 36.0. The van der Waals surface area contributed by atoms with Gasteiger partial charge in [0.15, 0.2) is 0 Å². The van der Waals surface area contributed by atoms with Gasteiger partial charge < -0.3 is 86.5 Å². The summed E-state index contributed by atoms with van der Waals surface area (Å²) in [5, 5.41) is 27.5. The monoisotopic (exact) mass is 1410 g/mol. The molecular weight excluding hydrogens is 1290 g/mol. The molecule has 0 spiro atoms. The second kappa shape index (κ2) is 41.2. The van der Waals surface area contributed by atoms with Gasteiger partial charge in [0, 0.05) is 52.7 Å². The molecule has 0 aromatic heterocycles. The number of hydrogen-bond acceptors (Lipinski definition) is 17. The SMILES string of the molecule is CN(C)C(=O)[C@H](CCCCNC(=O)OC(C)(C)C)NC(=O)[C@H](CCCCNC(=O)OC(C)(C)C)NC(=O)[C@H](CCCCNC(=O)OC(C)(C)C)NC(=O)[C@H](CCCCNC(=O)OC(C)(C)C)NC(=O)[C@H](CCCCNC(=O)OC(C)(C)C)NC(=O)OCC1c2ccccc2-c2ccccc21. The summed E-state index contributed by atoms with van der Waals surface area (Å²) in [5.41, 5.74) is 0.139. The zero-order valence-corrected chi connectivity index (χ0v) is 62.3. The maximum atomic E-state index is 15.1. The van der Waals surface area contributed by atoms with Crippen molar-refractivity contribution in [3.05, 3.63) is 59.7 Å². The second-order valence-corrected chi connectivity index (χ2v) is 30.1. The summed E-state index contributed by atoms with van der Waals surface area (Å²) in [6, 6.07) is 9.10. The average Bonchev–Trinajstić information content (AvgIpc) is 1.62. The number of rotatable bonds is 37. The van der Waals surface area contributed by atoms with Crippen LogP contribution in [-0.4, -0.2) is 183 Å². The number of nitrogens with one attached hydrogen (secondary N) is 10. The Morgan fingerprint density at radius 3 is 0.840 bits per heavy atom. The first-order valence-electron chi connectivity index (χ1n) is 35.0. The van der Waals surface area contributed by atoms with Crippen LogP contribution in [0.5, 0.6) is 0 Å². The Bertz CT molecular complexity index is 2950. The van der Waals surface area contributed by atoms with E-state index >= 15 is 9.59 Å². The smallest absolute Gasteiger partial charge is 0.407 e. The van der Waals surface area contributed by atoms with Crippen molar-refractivity contribution in [1.29, 1.82) is 0 Å². The van der Waals surface area contributed by atoms with Gasteiger partial charge in [0.05, 0.1) is 0 Å². The van der Waals surface area contributed by atoms with E-state index in [-0.39, 0.29) is 109 Å². The number of likely N-dealkylation sites (N-methyl/N-ethyl adjacent to an activating group) is 1. The lowest BCUT2D eigenvalue weighted by molar-refractivity contribution is -0.136. The van der Waals surface area contributed by atoms with E-state index in [0.29, 0.717) is 32.1 Å². The van der Waals surface area contributed by atoms with Crippen LogP contribution in [0.4, 0.5) is 28.8 Å². The Balaban J connectivity index is 2.06. The number of unbranched alkanes of at least 4 members (excludes halogenated alkanes) is 5. The van der Waals surface area contributed by atoms with Crippen molar-refractivity contribution in [1.82, 2.24) is 58.1 Å². The van der Waals surface area contributed by atoms with Crippen molar-refractivity contribution in [3.63, 3.8) is 0 Å². The molecule has 11 amide bonds. The van der Waals surface area contributed by atoms with Crippen LogP contribution in [0, 0.1) is 0 Å². The highest BCUT2D eigenvalue weighted by Crippen LogP contribution is 2.44. The number of alkyl carbamates (subject to hydrolysis) is 6. The molecule has 0 saturated carbocycles. The lowest BCUT2D eigenvalue weighted by Gasteiger charge is -2.28. The number of fused-ring (bicyclic) bond motifs is 3. The number of ether oxygens (including phenoxy) is 6. The summed E-state index contributed by atoms with van der Waals surface area (Å²) in [4.78, 5) is 152. The van der Waals surface area contributed by atoms with Gasteiger partial charge in [0.1, 0.15) is 64.8 Å². The maximum Gasteiger partial charge on any atom is 0.407 e. The van der Waals surface area contributed by atoms with E-state index in [2.05, 4.69) is 53.2 Å². The van der Waals surface area contributed by atoms with Crippen LogP contribution in [0.2, 0.25) is 0 Å². The summed E-state index contributed by atoms with van der Waals surface area (Å²) in [7, 11) is 3.07. The number of carbonyl (C=O) groups is 11. The molecule has 2 aromatic carbocycles. The van der Waals surface area contributed by atoms with Gasteiger partial charge >= 0.3 is 36.6 Å². The van der Waals surface area contributed by atoms with Crippen LogP contribution in [-0.2, 0) is 52.4 Å². The highest BCUT2D eigenvalue weighted by atomic mass is 16.6. The summed E-state index contributed by atoms with van der Waals surface area (Å²) in [6.45, 7) is 26.6. The fraction of sp³-hybridized carbons (Fsp3) is 0.681. The third-order valence-corrected chi connectivity index (χ3v) is 14.8. The van der Waals surface area contributed by atoms with Gasteiger partial charge in [-0.1, -0.05) is 48.5 Å². The molecule has 10 N–H and O–H groups in total. The van der Waals surface area contributed by atoms with E-state index in [1.807, 2.05) is 48.5 Å². The first kappa shape index (κ1) is 85.6. The Morgan fingerprint density at radius 2 is 0.580 bits per heavy atom. The van der Waals surface area contributed by atoms with Crippen LogP contribution in [0.1, 0.15) is 217 Å². The number of carbonyl (C=O) groups excluding carboxylic acids is 11. The first-order chi connectivity index (χ1) is 46.6. The number of nitrogens with zero attached hydrogens (tertiary/aromatic N) is 1. The number of benzene rings is 2. The standard InChI is InChI=1S/C72H117N11O17/c1-68(2,3)96-62(89)73-41-27-22-36-52(57(84)79-54(38-24-29-43-75-64(91)98-70(7,8)9)59(86)81-56(61(88)83(16)17)40-26-31-45-77-66(93)100-72(13,14)15)78-58(85)53(37-23-28-42-74-63(90)97-69(4,5)6)80-60(87)55(39-25-30-44-76-65(92)99-71(10,11)12)82-67(94)95-46-51-49-34-20-18-32-47(49)48-33-19-21-35-50(48)51/h18-21,32-35,51-56H,22-31,36-46H2,1-17H3,(H,73,89)(H,74,90)(H,75,91)(H,76,92)(H,77,93)(H,78,85)(H,79,84)(H,80,87)(H,81,86)(H,82,94)/t52-,53-,54-,55-,56-/m0/s1. The van der Waals surface area contributed by atoms with Gasteiger partial charge in [0.25, 0.3) is 0 Å². The van der Waals surface area contributed by atoms with Crippen molar-refractivity contribution in [3.8, 4) is 11.1 Å². The normalized spacial score (nSPS) is 13.7. The predicted octanol–water partition coefficient (Wildman–Crippen LogP) is 9.40. The molecule has 0 saturated heterocycles. The van der Waals surface area contributed by atoms with E-state index in [9.17, 15) is 43.2 Å². The number of hydrogen-bond donors (Lipinski definition) is 10. The average molecular weight is 1410 g/mol. The van der Waals surface area contributed by atoms with Gasteiger partial charge in [-0.25, -0.2) is 28.8 Å². The first-order valence-corrected chi connectivity index (χ1v) is 35.0. The minimum absolute atomic E-state index is 0.00929. The highest BCUT2D eigenvalue weighted by molar-refractivity contribution is 5.96. The molecule has 2 aromatic rings. The zero-order valence-electron chi connectivity index (χ0n) is 62.3. The molecule has 100 heavy (non-hydrogen) atoms. The minimum Gasteiger partial charge on any atom is -0.449 e. The molecule has 0 fully saturated rings. The van der Waals surface area contributed by atoms with Crippen LogP contribution >= 0.6 is 0 Å². The third-order valence-electron chi connectivity index (χ3n) is 14.8. The highest BCUT2D eigenvalue weighted by Gasteiger charge is 2.35. The molecule has 0 aliphatic heterocycles. The molecule has 1 aliphatic rings. The molecular formula is C72H117N11O17. The molecule has 0 heterocycles. The Kier molecular flexibility index (Phi) is 35.3. The Labute approximate surface area is 591 Å². The fourth-order valence-corrected chi connectivity index (χ4v) is 10.4. The zero-order chi connectivity index (χ0) is 75.0. The van der Waals surface area contributed by atoms with Crippen LogP contribution < -0.4 is 53.2 Å². The molecule has 0 unspecified atom stereocenters. The van der Waals surface area contributed by atoms with Gasteiger partial charge in [-0.2, -0.15) is 0 Å². The summed E-state index contributed by atoms with van der Waals surface area (Å²) in [5.74, 6) is -3.90. The maximum absolute atomic E-state index is 15.1. The van der Waals surface area contributed by atoms with Crippen LogP contribution in [0.15, 0.2) is 48.5 Å². The van der Waals surface area contributed by atoms with E-state index in [4.69, 9.17) is 28.4 Å². The topological polar surface area (TPSA) is 367 Å². The van der Waals surface area contributed by atoms with E-state index in [1.165, 1.54) is 19.0 Å². The Morgan fingerprint density at radius 1 is 0.340 bits per heavy atom. The lowest BCUT2D eigenvalue weighted by Crippen LogP contribution is -2.59. The predicted molar refractivity (Wildman–Crippen MR) is 379 cm³/mol. The fourth-order valence-electron chi connectivity index (χ4n) is 10.4. The van der Waals surface area contributed by atoms with Crippen molar-refractivity contribution >= 4 is 66.1 Å². The molecule has 562 valence electrons. The summed E-state index contributed by atoms with van der Waals surface area (Å²) >= 11 is 0. The van der Waals surface area contributed by atoms with Crippen molar-refractivity contribution in [2.45, 2.75) is 264 Å². The molecule has 0 radical (unpaired) electrons. The second-order valence-electron chi connectivity index (χ2n) is 30.1. The number of amides is 11. The van der Waals surface area contributed by atoms with Gasteiger partial charge in [-0.05, 0) is 222 Å². The van der Waals surface area contributed by atoms with Gasteiger partial charge in [-0.3, -0.25) is 24.0 Å². The molecule has 28 heteroatoms. The summed E-state index contributed by atoms with van der Waals surface area (Å²) in [6.07, 6.45) is -1.10. The van der Waals surface area contributed by atoms with Crippen molar-refractivity contribution < 1.29 is 81.2 Å². The molecule has 1 aliphatic carbocycles. The molecule has 28 nitrogen and oxygen atoms in total. The van der Waals surface area contributed by atoms with Crippen LogP contribution in [0.3, 0.4) is 0 Å². The molecule has 3 rings (SSSR count). The summed E-state index contributed by atoms with van der Waals surface area (Å²) < 4.78 is 32.8. The molecule has 0 bridgehead atoms. The van der Waals surface area contributed by atoms with E-state index in [0.717, 1.165) is 22.3 Å². The quantitative estimate of drug-likeness (QED) is 0.0222. The van der Waals surface area contributed by atoms with E-state index < -0.39 is 124 Å². The minimum atomic E-state index is -1.41. The van der Waals surface area contributed by atoms with Crippen LogP contribution in [0.25, 0.3) is 11.1 Å². The van der Waals surface area contributed by atoms with E-state index in [1.54, 1.807) is 104 Å². The largest absolute Gasteiger partial charge is 0.449 e. The van der Waals surface area contributed by atoms with Gasteiger partial charge in [-0.15, -0.1) is 0 Å².